The summed E-state index contributed by atoms with van der Waals surface area (Å²) in [6, 6.07) is 12.9. The zero-order valence-corrected chi connectivity index (χ0v) is 10.8. The number of rotatable bonds is 3. The lowest BCUT2D eigenvalue weighted by molar-refractivity contribution is -0.128. The molecular weight excluding hydrogens is 240 g/mol. The third kappa shape index (κ3) is 2.63. The fourth-order valence-corrected chi connectivity index (χ4v) is 1.99. The number of nitrogens with two attached hydrogens (primary N) is 1. The number of fused-ring (bicyclic) bond motifs is 1. The highest BCUT2D eigenvalue weighted by atomic mass is 16.2. The van der Waals surface area contributed by atoms with E-state index in [9.17, 15) is 9.59 Å². The number of hydrogen-bond donors (Lipinski definition) is 1. The summed E-state index contributed by atoms with van der Waals surface area (Å²) in [7, 11) is 0. The Morgan fingerprint density at radius 1 is 1.11 bits per heavy atom. The molecule has 0 bridgehead atoms. The summed E-state index contributed by atoms with van der Waals surface area (Å²) in [6.07, 6.45) is 0.933. The number of hydrazine groups is 1. The molecule has 98 valence electrons. The van der Waals surface area contributed by atoms with Gasteiger partial charge < -0.3 is 0 Å². The van der Waals surface area contributed by atoms with Crippen LogP contribution in [-0.2, 0) is 4.79 Å². The normalized spacial score (nSPS) is 10.4. The number of nitrogens with zero attached hydrogens (tertiary/aromatic N) is 1. The average Bonchev–Trinajstić information content (AvgIpc) is 2.45. The molecule has 0 unspecified atom stereocenters. The molecule has 0 atom stereocenters. The van der Waals surface area contributed by atoms with Crippen LogP contribution in [0.3, 0.4) is 0 Å². The van der Waals surface area contributed by atoms with Gasteiger partial charge in [-0.1, -0.05) is 43.3 Å². The Labute approximate surface area is 111 Å². The van der Waals surface area contributed by atoms with Gasteiger partial charge in [0.2, 0.25) is 5.91 Å². The molecule has 4 heteroatoms. The van der Waals surface area contributed by atoms with Crippen LogP contribution in [0.2, 0.25) is 0 Å². The van der Waals surface area contributed by atoms with Gasteiger partial charge in [0.25, 0.3) is 5.91 Å². The number of carbonyl (C=O) groups excluding carboxylic acids is 2. The number of benzene rings is 2. The molecule has 0 aliphatic carbocycles. The summed E-state index contributed by atoms with van der Waals surface area (Å²) in [5.74, 6) is 4.78. The predicted octanol–water partition coefficient (Wildman–Crippen LogP) is 2.48. The van der Waals surface area contributed by atoms with Gasteiger partial charge in [-0.2, -0.15) is 0 Å². The molecule has 2 aromatic carbocycles. The van der Waals surface area contributed by atoms with E-state index in [1.807, 2.05) is 37.3 Å². The number of amides is 2. The van der Waals surface area contributed by atoms with Crippen molar-refractivity contribution in [3.8, 4) is 0 Å². The van der Waals surface area contributed by atoms with Crippen LogP contribution in [0.15, 0.2) is 42.5 Å². The standard InChI is InChI=1S/C15H16N2O2/c1-2-6-14(18)17(16)15(19)13-10-5-8-11-7-3-4-9-12(11)13/h3-5,7-10H,2,6,16H2,1H3. The van der Waals surface area contributed by atoms with Gasteiger partial charge in [0, 0.05) is 12.0 Å². The molecule has 2 aromatic rings. The van der Waals surface area contributed by atoms with Gasteiger partial charge in [-0.15, -0.1) is 0 Å². The van der Waals surface area contributed by atoms with Crippen molar-refractivity contribution in [2.24, 2.45) is 5.84 Å². The molecule has 2 N–H and O–H groups in total. The number of hydrogen-bond acceptors (Lipinski definition) is 3. The summed E-state index contributed by atoms with van der Waals surface area (Å²) < 4.78 is 0. The topological polar surface area (TPSA) is 63.4 Å². The fraction of sp³-hybridized carbons (Fsp3) is 0.200. The minimum atomic E-state index is -0.463. The Morgan fingerprint density at radius 2 is 1.79 bits per heavy atom. The highest BCUT2D eigenvalue weighted by molar-refractivity contribution is 6.11. The van der Waals surface area contributed by atoms with Crippen molar-refractivity contribution in [1.82, 2.24) is 5.01 Å². The number of imide groups is 1. The van der Waals surface area contributed by atoms with Crippen molar-refractivity contribution in [3.63, 3.8) is 0 Å². The third-order valence-electron chi connectivity index (χ3n) is 2.97. The smallest absolute Gasteiger partial charge is 0.273 e. The Bertz CT molecular complexity index is 617. The largest absolute Gasteiger partial charge is 0.275 e. The van der Waals surface area contributed by atoms with Crippen LogP contribution in [0.5, 0.6) is 0 Å². The van der Waals surface area contributed by atoms with E-state index in [1.165, 1.54) is 0 Å². The van der Waals surface area contributed by atoms with Gasteiger partial charge in [-0.05, 0) is 23.3 Å². The maximum absolute atomic E-state index is 12.3. The van der Waals surface area contributed by atoms with Gasteiger partial charge in [-0.25, -0.2) is 10.9 Å². The van der Waals surface area contributed by atoms with Crippen LogP contribution in [-0.4, -0.2) is 16.8 Å². The Morgan fingerprint density at radius 3 is 2.53 bits per heavy atom. The molecule has 0 saturated carbocycles. The summed E-state index contributed by atoms with van der Waals surface area (Å²) in [4.78, 5) is 23.9. The Hall–Kier alpha value is -2.20. The van der Waals surface area contributed by atoms with Crippen LogP contribution < -0.4 is 5.84 Å². The van der Waals surface area contributed by atoms with Gasteiger partial charge in [0.05, 0.1) is 0 Å². The van der Waals surface area contributed by atoms with Crippen LogP contribution in [0, 0.1) is 0 Å². The zero-order valence-electron chi connectivity index (χ0n) is 10.8. The lowest BCUT2D eigenvalue weighted by Crippen LogP contribution is -2.42. The summed E-state index contributed by atoms with van der Waals surface area (Å²) in [5, 5.41) is 2.46. The minimum Gasteiger partial charge on any atom is -0.273 e. The van der Waals surface area contributed by atoms with Crippen LogP contribution in [0.4, 0.5) is 0 Å². The molecule has 2 amide bonds. The van der Waals surface area contributed by atoms with Crippen molar-refractivity contribution in [2.75, 3.05) is 0 Å². The summed E-state index contributed by atoms with van der Waals surface area (Å²) >= 11 is 0. The first-order chi connectivity index (χ1) is 9.15. The van der Waals surface area contributed by atoms with E-state index in [0.717, 1.165) is 10.8 Å². The minimum absolute atomic E-state index is 0.271. The molecule has 2 rings (SSSR count). The van der Waals surface area contributed by atoms with E-state index in [4.69, 9.17) is 5.84 Å². The molecular formula is C15H16N2O2. The fourth-order valence-electron chi connectivity index (χ4n) is 1.99. The van der Waals surface area contributed by atoms with E-state index < -0.39 is 5.91 Å². The molecule has 0 fully saturated rings. The van der Waals surface area contributed by atoms with E-state index in [0.29, 0.717) is 17.0 Å². The second-order valence-corrected chi connectivity index (χ2v) is 4.35. The molecule has 0 aromatic heterocycles. The average molecular weight is 256 g/mol. The molecule has 0 saturated heterocycles. The molecule has 4 nitrogen and oxygen atoms in total. The van der Waals surface area contributed by atoms with Crippen molar-refractivity contribution < 1.29 is 9.59 Å². The monoisotopic (exact) mass is 256 g/mol. The van der Waals surface area contributed by atoms with Crippen LogP contribution in [0.25, 0.3) is 10.8 Å². The third-order valence-corrected chi connectivity index (χ3v) is 2.97. The first-order valence-corrected chi connectivity index (χ1v) is 6.25. The van der Waals surface area contributed by atoms with E-state index in [2.05, 4.69) is 0 Å². The van der Waals surface area contributed by atoms with Gasteiger partial charge in [-0.3, -0.25) is 9.59 Å². The maximum Gasteiger partial charge on any atom is 0.275 e. The SMILES string of the molecule is CCCC(=O)N(N)C(=O)c1cccc2ccccc12. The molecule has 0 spiro atoms. The second kappa shape index (κ2) is 5.63. The lowest BCUT2D eigenvalue weighted by Gasteiger charge is -2.15. The molecule has 19 heavy (non-hydrogen) atoms. The van der Waals surface area contributed by atoms with Crippen molar-refractivity contribution in [1.29, 1.82) is 0 Å². The maximum atomic E-state index is 12.3. The molecule has 0 radical (unpaired) electrons. The van der Waals surface area contributed by atoms with Gasteiger partial charge >= 0.3 is 0 Å². The van der Waals surface area contributed by atoms with Crippen LogP contribution in [0.1, 0.15) is 30.1 Å². The van der Waals surface area contributed by atoms with Gasteiger partial charge in [0.1, 0.15) is 0 Å². The van der Waals surface area contributed by atoms with E-state index in [1.54, 1.807) is 12.1 Å². The highest BCUT2D eigenvalue weighted by Crippen LogP contribution is 2.19. The van der Waals surface area contributed by atoms with E-state index >= 15 is 0 Å². The summed E-state index contributed by atoms with van der Waals surface area (Å²) in [6.45, 7) is 1.87. The molecule has 0 aliphatic heterocycles. The van der Waals surface area contributed by atoms with Crippen LogP contribution >= 0.6 is 0 Å². The van der Waals surface area contributed by atoms with Crippen molar-refractivity contribution in [3.05, 3.63) is 48.0 Å². The lowest BCUT2D eigenvalue weighted by atomic mass is 10.0. The van der Waals surface area contributed by atoms with Crippen molar-refractivity contribution >= 4 is 22.6 Å². The second-order valence-electron chi connectivity index (χ2n) is 4.35. The first-order valence-electron chi connectivity index (χ1n) is 6.25. The van der Waals surface area contributed by atoms with Crippen molar-refractivity contribution in [2.45, 2.75) is 19.8 Å². The van der Waals surface area contributed by atoms with Gasteiger partial charge in [0.15, 0.2) is 0 Å². The molecule has 0 heterocycles. The number of carbonyl (C=O) groups is 2. The first kappa shape index (κ1) is 13.2. The Balaban J connectivity index is 2.39. The Kier molecular flexibility index (Phi) is 3.92. The molecule has 0 aliphatic rings. The summed E-state index contributed by atoms with van der Waals surface area (Å²) in [5.41, 5.74) is 0.449. The highest BCUT2D eigenvalue weighted by Gasteiger charge is 2.20. The quantitative estimate of drug-likeness (QED) is 0.521. The predicted molar refractivity (Wildman–Crippen MR) is 74.2 cm³/mol. The van der Waals surface area contributed by atoms with E-state index in [-0.39, 0.29) is 12.3 Å². The zero-order chi connectivity index (χ0) is 13.8.